The van der Waals surface area contributed by atoms with Crippen LogP contribution in [0.15, 0.2) is 0 Å². The van der Waals surface area contributed by atoms with Crippen molar-refractivity contribution in [2.45, 2.75) is 65.0 Å². The summed E-state index contributed by atoms with van der Waals surface area (Å²) in [7, 11) is 2.13. The second-order valence-corrected chi connectivity index (χ2v) is 5.19. The van der Waals surface area contributed by atoms with Crippen LogP contribution in [0, 0.1) is 0 Å². The zero-order valence-electron chi connectivity index (χ0n) is 12.7. The highest BCUT2D eigenvalue weighted by molar-refractivity contribution is 5.79. The standard InChI is InChI=1S/C14H30N2O2/c1-6-12(7-2)16(5)11-9-10-14(4,15)13(17)18-8-3/h12H,6-11,15H2,1-5H3. The van der Waals surface area contributed by atoms with E-state index >= 15 is 0 Å². The molecule has 0 aliphatic rings. The van der Waals surface area contributed by atoms with Gasteiger partial charge in [-0.05, 0) is 53.1 Å². The first-order chi connectivity index (χ1) is 8.38. The molecule has 0 aliphatic heterocycles. The average Bonchev–Trinajstić information content (AvgIpc) is 2.30. The normalized spacial score (nSPS) is 14.9. The van der Waals surface area contributed by atoms with Gasteiger partial charge in [-0.25, -0.2) is 0 Å². The molecule has 0 aliphatic carbocycles. The van der Waals surface area contributed by atoms with Gasteiger partial charge in [0, 0.05) is 6.04 Å². The summed E-state index contributed by atoms with van der Waals surface area (Å²) in [6, 6.07) is 0.622. The summed E-state index contributed by atoms with van der Waals surface area (Å²) in [5.74, 6) is -0.296. The average molecular weight is 258 g/mol. The Balaban J connectivity index is 4.06. The summed E-state index contributed by atoms with van der Waals surface area (Å²) in [6.45, 7) is 9.32. The minimum atomic E-state index is -0.856. The van der Waals surface area contributed by atoms with Crippen molar-refractivity contribution in [3.05, 3.63) is 0 Å². The van der Waals surface area contributed by atoms with Crippen LogP contribution in [-0.4, -0.2) is 42.6 Å². The van der Waals surface area contributed by atoms with E-state index in [1.807, 2.05) is 0 Å². The Morgan fingerprint density at radius 3 is 2.33 bits per heavy atom. The molecule has 0 saturated heterocycles. The van der Waals surface area contributed by atoms with Crippen molar-refractivity contribution in [1.82, 2.24) is 4.90 Å². The summed E-state index contributed by atoms with van der Waals surface area (Å²) in [5.41, 5.74) is 5.12. The van der Waals surface area contributed by atoms with Crippen LogP contribution in [-0.2, 0) is 9.53 Å². The molecule has 0 fully saturated rings. The number of hydrogen-bond acceptors (Lipinski definition) is 4. The van der Waals surface area contributed by atoms with E-state index < -0.39 is 5.54 Å². The smallest absolute Gasteiger partial charge is 0.325 e. The molecule has 4 heteroatoms. The van der Waals surface area contributed by atoms with Crippen molar-refractivity contribution in [2.24, 2.45) is 5.73 Å². The molecule has 108 valence electrons. The lowest BCUT2D eigenvalue weighted by Crippen LogP contribution is -2.46. The molecule has 0 amide bonds. The molecular formula is C14H30N2O2. The van der Waals surface area contributed by atoms with E-state index in [9.17, 15) is 4.79 Å². The summed E-state index contributed by atoms with van der Waals surface area (Å²) in [5, 5.41) is 0. The van der Waals surface area contributed by atoms with Crippen molar-refractivity contribution < 1.29 is 9.53 Å². The highest BCUT2D eigenvalue weighted by Gasteiger charge is 2.29. The zero-order valence-corrected chi connectivity index (χ0v) is 12.7. The topological polar surface area (TPSA) is 55.6 Å². The minimum Gasteiger partial charge on any atom is -0.465 e. The van der Waals surface area contributed by atoms with Gasteiger partial charge >= 0.3 is 5.97 Å². The second-order valence-electron chi connectivity index (χ2n) is 5.19. The van der Waals surface area contributed by atoms with Gasteiger partial charge < -0.3 is 15.4 Å². The van der Waals surface area contributed by atoms with Crippen LogP contribution >= 0.6 is 0 Å². The van der Waals surface area contributed by atoms with Gasteiger partial charge in [0.1, 0.15) is 5.54 Å². The number of ether oxygens (including phenoxy) is 1. The van der Waals surface area contributed by atoms with Crippen molar-refractivity contribution in [3.63, 3.8) is 0 Å². The maximum atomic E-state index is 11.6. The molecule has 0 aromatic rings. The Morgan fingerprint density at radius 2 is 1.89 bits per heavy atom. The third-order valence-corrected chi connectivity index (χ3v) is 3.51. The SMILES string of the molecule is CCOC(=O)C(C)(N)CCCN(C)C(CC)CC. The first-order valence-electron chi connectivity index (χ1n) is 7.05. The lowest BCUT2D eigenvalue weighted by Gasteiger charge is -2.28. The second kappa shape index (κ2) is 8.48. The fourth-order valence-electron chi connectivity index (χ4n) is 2.19. The molecule has 18 heavy (non-hydrogen) atoms. The van der Waals surface area contributed by atoms with Crippen LogP contribution in [0.5, 0.6) is 0 Å². The van der Waals surface area contributed by atoms with Crippen LogP contribution in [0.4, 0.5) is 0 Å². The van der Waals surface area contributed by atoms with E-state index in [1.165, 1.54) is 0 Å². The molecule has 4 nitrogen and oxygen atoms in total. The minimum absolute atomic E-state index is 0.296. The largest absolute Gasteiger partial charge is 0.465 e. The van der Waals surface area contributed by atoms with E-state index in [2.05, 4.69) is 25.8 Å². The lowest BCUT2D eigenvalue weighted by atomic mass is 9.97. The first-order valence-corrected chi connectivity index (χ1v) is 7.05. The fraction of sp³-hybridized carbons (Fsp3) is 0.929. The molecular weight excluding hydrogens is 228 g/mol. The third-order valence-electron chi connectivity index (χ3n) is 3.51. The van der Waals surface area contributed by atoms with Gasteiger partial charge in [-0.1, -0.05) is 13.8 Å². The van der Waals surface area contributed by atoms with Gasteiger partial charge in [0.2, 0.25) is 0 Å². The van der Waals surface area contributed by atoms with Crippen LogP contribution < -0.4 is 5.73 Å². The number of carbonyl (C=O) groups is 1. The van der Waals surface area contributed by atoms with Crippen LogP contribution in [0.3, 0.4) is 0 Å². The number of carbonyl (C=O) groups excluding carboxylic acids is 1. The molecule has 0 aromatic carbocycles. The molecule has 1 unspecified atom stereocenters. The van der Waals surface area contributed by atoms with E-state index in [0.29, 0.717) is 19.1 Å². The fourth-order valence-corrected chi connectivity index (χ4v) is 2.19. The number of hydrogen-bond donors (Lipinski definition) is 1. The number of nitrogens with two attached hydrogens (primary N) is 1. The molecule has 0 aromatic heterocycles. The first kappa shape index (κ1) is 17.4. The molecule has 0 heterocycles. The Kier molecular flexibility index (Phi) is 8.20. The molecule has 0 rings (SSSR count). The molecule has 2 N–H and O–H groups in total. The molecule has 0 radical (unpaired) electrons. The van der Waals surface area contributed by atoms with Crippen molar-refractivity contribution >= 4 is 5.97 Å². The third kappa shape index (κ3) is 5.83. The van der Waals surface area contributed by atoms with Crippen LogP contribution in [0.2, 0.25) is 0 Å². The van der Waals surface area contributed by atoms with E-state index in [0.717, 1.165) is 25.8 Å². The van der Waals surface area contributed by atoms with Gasteiger partial charge in [0.25, 0.3) is 0 Å². The van der Waals surface area contributed by atoms with E-state index in [-0.39, 0.29) is 5.97 Å². The summed E-state index contributed by atoms with van der Waals surface area (Å²) in [6.07, 6.45) is 3.89. The van der Waals surface area contributed by atoms with Gasteiger partial charge in [-0.15, -0.1) is 0 Å². The van der Waals surface area contributed by atoms with Crippen molar-refractivity contribution in [1.29, 1.82) is 0 Å². The van der Waals surface area contributed by atoms with Gasteiger partial charge in [-0.2, -0.15) is 0 Å². The number of rotatable bonds is 9. The maximum absolute atomic E-state index is 11.6. The van der Waals surface area contributed by atoms with Gasteiger partial charge in [-0.3, -0.25) is 4.79 Å². The molecule has 1 atom stereocenters. The van der Waals surface area contributed by atoms with E-state index in [4.69, 9.17) is 10.5 Å². The molecule has 0 spiro atoms. The molecule has 0 saturated carbocycles. The van der Waals surface area contributed by atoms with Crippen molar-refractivity contribution in [2.75, 3.05) is 20.2 Å². The Bertz CT molecular complexity index is 238. The van der Waals surface area contributed by atoms with E-state index in [1.54, 1.807) is 13.8 Å². The number of nitrogens with zero attached hydrogens (tertiary/aromatic N) is 1. The van der Waals surface area contributed by atoms with Crippen molar-refractivity contribution in [3.8, 4) is 0 Å². The zero-order chi connectivity index (χ0) is 14.2. The quantitative estimate of drug-likeness (QED) is 0.644. The van der Waals surface area contributed by atoms with Crippen LogP contribution in [0.25, 0.3) is 0 Å². The highest BCUT2D eigenvalue weighted by Crippen LogP contribution is 2.13. The summed E-state index contributed by atoms with van der Waals surface area (Å²) >= 11 is 0. The maximum Gasteiger partial charge on any atom is 0.325 e. The highest BCUT2D eigenvalue weighted by atomic mass is 16.5. The molecule has 0 bridgehead atoms. The predicted molar refractivity (Wildman–Crippen MR) is 75.5 cm³/mol. The Hall–Kier alpha value is -0.610. The number of esters is 1. The van der Waals surface area contributed by atoms with Gasteiger partial charge in [0.15, 0.2) is 0 Å². The lowest BCUT2D eigenvalue weighted by molar-refractivity contribution is -0.149. The Labute approximate surface area is 112 Å². The Morgan fingerprint density at radius 1 is 1.33 bits per heavy atom. The summed E-state index contributed by atoms with van der Waals surface area (Å²) < 4.78 is 4.98. The summed E-state index contributed by atoms with van der Waals surface area (Å²) in [4.78, 5) is 14.0. The van der Waals surface area contributed by atoms with Gasteiger partial charge in [0.05, 0.1) is 6.61 Å². The predicted octanol–water partition coefficient (Wildman–Crippen LogP) is 2.17. The monoisotopic (exact) mass is 258 g/mol. The van der Waals surface area contributed by atoms with Crippen LogP contribution in [0.1, 0.15) is 53.4 Å².